The van der Waals surface area contributed by atoms with E-state index in [2.05, 4.69) is 20.0 Å². The molecule has 3 heterocycles. The summed E-state index contributed by atoms with van der Waals surface area (Å²) in [6.45, 7) is 2.94. The Morgan fingerprint density at radius 1 is 1.27 bits per heavy atom. The summed E-state index contributed by atoms with van der Waals surface area (Å²) in [5, 5.41) is 4.29. The zero-order chi connectivity index (χ0) is 18.1. The van der Waals surface area contributed by atoms with E-state index >= 15 is 0 Å². The summed E-state index contributed by atoms with van der Waals surface area (Å²) in [5.41, 5.74) is 1.79. The Kier molecular flexibility index (Phi) is 4.26. The quantitative estimate of drug-likeness (QED) is 0.661. The molecule has 8 heteroatoms. The summed E-state index contributed by atoms with van der Waals surface area (Å²) < 4.78 is 12.3. The van der Waals surface area contributed by atoms with Gasteiger partial charge in [0.05, 0.1) is 25.5 Å². The average molecular weight is 353 g/mol. The Morgan fingerprint density at radius 3 is 2.85 bits per heavy atom. The van der Waals surface area contributed by atoms with Crippen LogP contribution in [0.15, 0.2) is 42.7 Å². The van der Waals surface area contributed by atoms with Gasteiger partial charge in [0.15, 0.2) is 6.10 Å². The van der Waals surface area contributed by atoms with Crippen LogP contribution < -0.4 is 4.90 Å². The van der Waals surface area contributed by atoms with Crippen molar-refractivity contribution in [2.45, 2.75) is 19.1 Å². The van der Waals surface area contributed by atoms with Crippen molar-refractivity contribution in [3.8, 4) is 11.3 Å². The van der Waals surface area contributed by atoms with E-state index in [1.807, 2.05) is 43.3 Å². The molecule has 2 aromatic heterocycles. The molecule has 0 bridgehead atoms. The summed E-state index contributed by atoms with van der Waals surface area (Å²) in [7, 11) is 1.37. The first-order valence-corrected chi connectivity index (χ1v) is 8.40. The van der Waals surface area contributed by atoms with E-state index in [1.165, 1.54) is 13.4 Å². The smallest absolute Gasteiger partial charge is 0.336 e. The van der Waals surface area contributed by atoms with E-state index < -0.39 is 6.10 Å². The van der Waals surface area contributed by atoms with Gasteiger partial charge in [0, 0.05) is 18.2 Å². The van der Waals surface area contributed by atoms with E-state index in [0.29, 0.717) is 18.9 Å². The lowest BCUT2D eigenvalue weighted by atomic mass is 10.1. The van der Waals surface area contributed by atoms with Crippen molar-refractivity contribution >= 4 is 17.6 Å². The second kappa shape index (κ2) is 6.72. The van der Waals surface area contributed by atoms with Crippen LogP contribution in [0.3, 0.4) is 0 Å². The number of aromatic nitrogens is 4. The maximum Gasteiger partial charge on any atom is 0.336 e. The van der Waals surface area contributed by atoms with Gasteiger partial charge in [-0.25, -0.2) is 9.78 Å². The van der Waals surface area contributed by atoms with E-state index in [9.17, 15) is 4.79 Å². The lowest BCUT2D eigenvalue weighted by molar-refractivity contribution is -0.158. The molecule has 2 atom stereocenters. The van der Waals surface area contributed by atoms with Gasteiger partial charge in [0.2, 0.25) is 0 Å². The Hall–Kier alpha value is -3.00. The van der Waals surface area contributed by atoms with Crippen LogP contribution in [0.4, 0.5) is 5.82 Å². The van der Waals surface area contributed by atoms with Crippen molar-refractivity contribution < 1.29 is 14.3 Å². The number of morpholine rings is 1. The van der Waals surface area contributed by atoms with E-state index in [4.69, 9.17) is 9.47 Å². The van der Waals surface area contributed by atoms with Gasteiger partial charge < -0.3 is 14.4 Å². The van der Waals surface area contributed by atoms with Crippen LogP contribution in [-0.2, 0) is 14.3 Å². The molecular weight excluding hydrogens is 334 g/mol. The second-order valence-electron chi connectivity index (χ2n) is 6.20. The number of carbonyl (C=O) groups is 1. The molecule has 26 heavy (non-hydrogen) atoms. The second-order valence-corrected chi connectivity index (χ2v) is 6.20. The van der Waals surface area contributed by atoms with Gasteiger partial charge in [-0.05, 0) is 6.92 Å². The predicted octanol–water partition coefficient (Wildman–Crippen LogP) is 1.56. The lowest BCUT2D eigenvalue weighted by Gasteiger charge is -2.36. The third kappa shape index (κ3) is 2.99. The molecule has 0 amide bonds. The largest absolute Gasteiger partial charge is 0.467 e. The maximum absolute atomic E-state index is 12.0. The van der Waals surface area contributed by atoms with Crippen molar-refractivity contribution in [3.05, 3.63) is 42.7 Å². The molecular formula is C18H19N5O3. The zero-order valence-corrected chi connectivity index (χ0v) is 14.6. The van der Waals surface area contributed by atoms with Crippen molar-refractivity contribution in [3.63, 3.8) is 0 Å². The molecule has 0 saturated carbocycles. The molecule has 0 spiro atoms. The van der Waals surface area contributed by atoms with Crippen LogP contribution in [0, 0.1) is 0 Å². The van der Waals surface area contributed by atoms with Gasteiger partial charge in [-0.1, -0.05) is 30.3 Å². The first-order chi connectivity index (χ1) is 12.7. The molecule has 1 aliphatic rings. The van der Waals surface area contributed by atoms with E-state index in [1.54, 1.807) is 4.52 Å². The van der Waals surface area contributed by atoms with E-state index in [0.717, 1.165) is 17.1 Å². The van der Waals surface area contributed by atoms with Gasteiger partial charge in [-0.3, -0.25) is 0 Å². The Bertz CT molecular complexity index is 927. The summed E-state index contributed by atoms with van der Waals surface area (Å²) in [6, 6.07) is 11.9. The number of anilines is 1. The fraction of sp³-hybridized carbons (Fsp3) is 0.333. The molecule has 1 fully saturated rings. The van der Waals surface area contributed by atoms with Crippen molar-refractivity contribution in [1.29, 1.82) is 0 Å². The third-order valence-electron chi connectivity index (χ3n) is 4.35. The number of hydrogen-bond donors (Lipinski definition) is 0. The molecule has 134 valence electrons. The van der Waals surface area contributed by atoms with Crippen molar-refractivity contribution in [1.82, 2.24) is 19.6 Å². The van der Waals surface area contributed by atoms with Crippen LogP contribution in [0.1, 0.15) is 6.92 Å². The van der Waals surface area contributed by atoms with Crippen LogP contribution in [0.2, 0.25) is 0 Å². The highest BCUT2D eigenvalue weighted by Crippen LogP contribution is 2.26. The topological polar surface area (TPSA) is 81.9 Å². The average Bonchev–Trinajstić information content (AvgIpc) is 3.15. The fourth-order valence-corrected chi connectivity index (χ4v) is 3.18. The minimum atomic E-state index is -0.643. The highest BCUT2D eigenvalue weighted by Gasteiger charge is 2.32. The van der Waals surface area contributed by atoms with Gasteiger partial charge >= 0.3 is 5.97 Å². The highest BCUT2D eigenvalue weighted by molar-refractivity contribution is 5.76. The minimum Gasteiger partial charge on any atom is -0.467 e. The summed E-state index contributed by atoms with van der Waals surface area (Å²) >= 11 is 0. The molecule has 8 nitrogen and oxygen atoms in total. The van der Waals surface area contributed by atoms with Crippen molar-refractivity contribution in [2.75, 3.05) is 25.1 Å². The Morgan fingerprint density at radius 2 is 2.08 bits per heavy atom. The lowest BCUT2D eigenvalue weighted by Crippen LogP contribution is -2.50. The van der Waals surface area contributed by atoms with Crippen LogP contribution in [-0.4, -0.2) is 58.0 Å². The normalized spacial score (nSPS) is 20.3. The number of rotatable bonds is 3. The number of methoxy groups -OCH3 is 1. The minimum absolute atomic E-state index is 0.125. The number of ether oxygens (including phenoxy) is 2. The van der Waals surface area contributed by atoms with Crippen LogP contribution in [0.25, 0.3) is 17.0 Å². The molecule has 1 aliphatic heterocycles. The summed E-state index contributed by atoms with van der Waals surface area (Å²) in [6.07, 6.45) is 0.706. The predicted molar refractivity (Wildman–Crippen MR) is 94.8 cm³/mol. The molecule has 0 aliphatic carbocycles. The first kappa shape index (κ1) is 16.5. The molecule has 0 N–H and O–H groups in total. The van der Waals surface area contributed by atoms with Gasteiger partial charge in [0.1, 0.15) is 12.1 Å². The molecule has 1 saturated heterocycles. The van der Waals surface area contributed by atoms with Crippen LogP contribution in [0.5, 0.6) is 0 Å². The van der Waals surface area contributed by atoms with Crippen LogP contribution >= 0.6 is 0 Å². The highest BCUT2D eigenvalue weighted by atomic mass is 16.6. The Balaban J connectivity index is 1.77. The van der Waals surface area contributed by atoms with Gasteiger partial charge in [-0.15, -0.1) is 0 Å². The van der Waals surface area contributed by atoms with E-state index in [-0.39, 0.29) is 12.1 Å². The number of fused-ring (bicyclic) bond motifs is 1. The summed E-state index contributed by atoms with van der Waals surface area (Å²) in [4.78, 5) is 22.9. The standard InChI is InChI=1S/C18H19N5O3/c1-12-9-22(10-15(26-12)17(24)25-2)16-8-14(13-6-4-3-5-7-13)21-18-19-11-20-23(16)18/h3-8,11-12,15H,9-10H2,1-2H3/t12-,15?/m1/s1. The maximum atomic E-state index is 12.0. The van der Waals surface area contributed by atoms with Gasteiger partial charge in [-0.2, -0.15) is 14.6 Å². The molecule has 1 unspecified atom stereocenters. The number of nitrogens with zero attached hydrogens (tertiary/aromatic N) is 5. The number of esters is 1. The number of carbonyl (C=O) groups excluding carboxylic acids is 1. The number of benzene rings is 1. The monoisotopic (exact) mass is 353 g/mol. The molecule has 3 aromatic rings. The zero-order valence-electron chi connectivity index (χ0n) is 14.6. The number of hydrogen-bond acceptors (Lipinski definition) is 7. The molecule has 4 rings (SSSR count). The third-order valence-corrected chi connectivity index (χ3v) is 4.35. The van der Waals surface area contributed by atoms with Crippen molar-refractivity contribution in [2.24, 2.45) is 0 Å². The SMILES string of the molecule is COC(=O)C1CN(c2cc(-c3ccccc3)nc3ncnn23)C[C@@H](C)O1. The first-order valence-electron chi connectivity index (χ1n) is 8.40. The molecule has 0 radical (unpaired) electrons. The summed E-state index contributed by atoms with van der Waals surface area (Å²) in [5.74, 6) is 0.944. The Labute approximate surface area is 150 Å². The fourth-order valence-electron chi connectivity index (χ4n) is 3.18. The molecule has 1 aromatic carbocycles. The van der Waals surface area contributed by atoms with Gasteiger partial charge in [0.25, 0.3) is 5.78 Å².